The number of halogens is 3. The molecule has 2 rings (SSSR count). The summed E-state index contributed by atoms with van der Waals surface area (Å²) < 4.78 is 45.4. The van der Waals surface area contributed by atoms with E-state index in [0.717, 1.165) is 13.2 Å². The fourth-order valence-corrected chi connectivity index (χ4v) is 1.85. The van der Waals surface area contributed by atoms with Crippen LogP contribution in [-0.2, 0) is 6.54 Å². The second-order valence-corrected chi connectivity index (χ2v) is 3.66. The first kappa shape index (κ1) is 12.5. The van der Waals surface area contributed by atoms with Gasteiger partial charge in [0.15, 0.2) is 17.0 Å². The van der Waals surface area contributed by atoms with E-state index < -0.39 is 29.5 Å². The van der Waals surface area contributed by atoms with Gasteiger partial charge in [0.25, 0.3) is 0 Å². The van der Waals surface area contributed by atoms with Gasteiger partial charge in [0.05, 0.1) is 24.6 Å². The molecule has 0 atom stereocenters. The van der Waals surface area contributed by atoms with Gasteiger partial charge in [-0.2, -0.15) is 4.39 Å². The number of hydrogen-bond donors (Lipinski definition) is 0. The number of alkyl halides is 1. The minimum atomic E-state index is -1.19. The number of aromatic nitrogens is 1. The normalized spacial score (nSPS) is 10.9. The highest BCUT2D eigenvalue weighted by Crippen LogP contribution is 2.29. The number of benzene rings is 1. The number of fused-ring (bicyclic) bond motifs is 1. The van der Waals surface area contributed by atoms with Gasteiger partial charge in [-0.05, 0) is 6.07 Å². The molecule has 0 saturated carbocycles. The van der Waals surface area contributed by atoms with Gasteiger partial charge in [-0.1, -0.05) is 0 Å². The van der Waals surface area contributed by atoms with Gasteiger partial charge in [0.2, 0.25) is 5.82 Å². The van der Waals surface area contributed by atoms with Crippen molar-refractivity contribution in [3.05, 3.63) is 40.2 Å². The van der Waals surface area contributed by atoms with Gasteiger partial charge in [-0.25, -0.2) is 8.78 Å². The Bertz CT molecular complexity index is 652. The molecule has 0 bridgehead atoms. The first-order valence-corrected chi connectivity index (χ1v) is 5.21. The zero-order chi connectivity index (χ0) is 13.3. The third kappa shape index (κ3) is 1.83. The number of nitrogens with zero attached hydrogens (tertiary/aromatic N) is 1. The van der Waals surface area contributed by atoms with Gasteiger partial charge < -0.3 is 9.30 Å². The van der Waals surface area contributed by atoms with Crippen molar-refractivity contribution in [2.75, 3.05) is 13.8 Å². The van der Waals surface area contributed by atoms with Gasteiger partial charge in [0, 0.05) is 12.3 Å². The number of pyridine rings is 1. The molecule has 0 fully saturated rings. The minimum Gasteiger partial charge on any atom is -0.491 e. The van der Waals surface area contributed by atoms with Crippen LogP contribution in [0.5, 0.6) is 5.75 Å². The minimum absolute atomic E-state index is 0.0401. The summed E-state index contributed by atoms with van der Waals surface area (Å²) in [6, 6.07) is 1.97. The van der Waals surface area contributed by atoms with Gasteiger partial charge in [0.1, 0.15) is 6.67 Å². The van der Waals surface area contributed by atoms with Crippen molar-refractivity contribution in [3.63, 3.8) is 0 Å². The molecule has 1 aromatic heterocycles. The molecule has 2 aromatic rings. The van der Waals surface area contributed by atoms with Gasteiger partial charge in [-0.3, -0.25) is 4.79 Å². The van der Waals surface area contributed by atoms with E-state index in [1.807, 2.05) is 0 Å². The van der Waals surface area contributed by atoms with Crippen LogP contribution in [0.4, 0.5) is 13.2 Å². The second kappa shape index (κ2) is 4.72. The zero-order valence-electron chi connectivity index (χ0n) is 9.54. The van der Waals surface area contributed by atoms with Crippen molar-refractivity contribution in [1.82, 2.24) is 4.57 Å². The molecule has 96 valence electrons. The molecule has 1 heterocycles. The first-order chi connectivity index (χ1) is 8.60. The summed E-state index contributed by atoms with van der Waals surface area (Å²) in [6.07, 6.45) is 1.32. The summed E-state index contributed by atoms with van der Waals surface area (Å²) in [5.74, 6) is -2.76. The predicted octanol–water partition coefficient (Wildman–Crippen LogP) is 2.26. The molecule has 0 aliphatic carbocycles. The second-order valence-electron chi connectivity index (χ2n) is 3.66. The van der Waals surface area contributed by atoms with E-state index in [-0.39, 0.29) is 17.4 Å². The number of aryl methyl sites for hydroxylation is 1. The van der Waals surface area contributed by atoms with Crippen LogP contribution in [0.1, 0.15) is 0 Å². The van der Waals surface area contributed by atoms with Crippen LogP contribution < -0.4 is 10.2 Å². The van der Waals surface area contributed by atoms with E-state index in [1.165, 1.54) is 16.8 Å². The summed E-state index contributed by atoms with van der Waals surface area (Å²) in [6.45, 7) is -0.766. The summed E-state index contributed by atoms with van der Waals surface area (Å²) in [5, 5.41) is -0.0401. The topological polar surface area (TPSA) is 31.2 Å². The quantitative estimate of drug-likeness (QED) is 0.844. The Balaban J connectivity index is 2.94. The molecule has 0 saturated heterocycles. The smallest absolute Gasteiger partial charge is 0.202 e. The van der Waals surface area contributed by atoms with Crippen LogP contribution in [-0.4, -0.2) is 18.4 Å². The van der Waals surface area contributed by atoms with E-state index in [4.69, 9.17) is 4.74 Å². The molecule has 18 heavy (non-hydrogen) atoms. The third-order valence-electron chi connectivity index (χ3n) is 2.64. The highest BCUT2D eigenvalue weighted by molar-refractivity contribution is 5.85. The van der Waals surface area contributed by atoms with Crippen molar-refractivity contribution in [1.29, 1.82) is 0 Å². The molecular weight excluding hydrogens is 247 g/mol. The standard InChI is InChI=1S/C12H10F3NO2/c1-18-12-10(15)8(14)6-7-9(17)2-4-16(5-3-13)11(7)12/h2,4,6H,3,5H2,1H3. The summed E-state index contributed by atoms with van der Waals surface area (Å²) in [7, 11) is 1.16. The fourth-order valence-electron chi connectivity index (χ4n) is 1.85. The van der Waals surface area contributed by atoms with Crippen LogP contribution in [0.3, 0.4) is 0 Å². The third-order valence-corrected chi connectivity index (χ3v) is 2.64. The van der Waals surface area contributed by atoms with E-state index >= 15 is 0 Å². The molecule has 3 nitrogen and oxygen atoms in total. The molecule has 0 spiro atoms. The molecule has 0 aliphatic heterocycles. The van der Waals surface area contributed by atoms with Gasteiger partial charge in [-0.15, -0.1) is 0 Å². The molecule has 0 N–H and O–H groups in total. The number of hydrogen-bond acceptors (Lipinski definition) is 2. The fraction of sp³-hybridized carbons (Fsp3) is 0.250. The summed E-state index contributed by atoms with van der Waals surface area (Å²) in [5.41, 5.74) is -0.418. The zero-order valence-corrected chi connectivity index (χ0v) is 9.54. The highest BCUT2D eigenvalue weighted by Gasteiger charge is 2.18. The molecule has 1 aromatic carbocycles. The monoisotopic (exact) mass is 257 g/mol. The van der Waals surface area contributed by atoms with Crippen molar-refractivity contribution < 1.29 is 17.9 Å². The Morgan fingerprint density at radius 2 is 2.11 bits per heavy atom. The van der Waals surface area contributed by atoms with Crippen LogP contribution in [0.15, 0.2) is 23.1 Å². The molecule has 0 amide bonds. The Hall–Kier alpha value is -1.98. The SMILES string of the molecule is COc1c(F)c(F)cc2c(=O)ccn(CCF)c12. The highest BCUT2D eigenvalue weighted by atomic mass is 19.2. The van der Waals surface area contributed by atoms with Crippen LogP contribution >= 0.6 is 0 Å². The van der Waals surface area contributed by atoms with Crippen molar-refractivity contribution in [2.45, 2.75) is 6.54 Å². The van der Waals surface area contributed by atoms with Gasteiger partial charge >= 0.3 is 0 Å². The molecular formula is C12H10F3NO2. The van der Waals surface area contributed by atoms with E-state index in [2.05, 4.69) is 0 Å². The van der Waals surface area contributed by atoms with Crippen molar-refractivity contribution in [3.8, 4) is 5.75 Å². The Morgan fingerprint density at radius 3 is 2.72 bits per heavy atom. The maximum atomic E-state index is 13.6. The molecule has 0 radical (unpaired) electrons. The van der Waals surface area contributed by atoms with Crippen molar-refractivity contribution >= 4 is 10.9 Å². The van der Waals surface area contributed by atoms with Crippen LogP contribution in [0.2, 0.25) is 0 Å². The van der Waals surface area contributed by atoms with Crippen molar-refractivity contribution in [2.24, 2.45) is 0 Å². The average Bonchev–Trinajstić information content (AvgIpc) is 2.35. The van der Waals surface area contributed by atoms with E-state index in [0.29, 0.717) is 0 Å². The Kier molecular flexibility index (Phi) is 3.27. The van der Waals surface area contributed by atoms with Crippen LogP contribution in [0, 0.1) is 11.6 Å². The predicted molar refractivity (Wildman–Crippen MR) is 60.7 cm³/mol. The summed E-state index contributed by atoms with van der Waals surface area (Å²) >= 11 is 0. The number of rotatable bonds is 3. The number of methoxy groups -OCH3 is 1. The maximum absolute atomic E-state index is 13.6. The first-order valence-electron chi connectivity index (χ1n) is 5.21. The van der Waals surface area contributed by atoms with E-state index in [9.17, 15) is 18.0 Å². The maximum Gasteiger partial charge on any atom is 0.202 e. The Morgan fingerprint density at radius 1 is 1.39 bits per heavy atom. The van der Waals surface area contributed by atoms with Crippen LogP contribution in [0.25, 0.3) is 10.9 Å². The number of ether oxygens (including phenoxy) is 1. The lowest BCUT2D eigenvalue weighted by molar-refractivity contribution is 0.373. The molecule has 0 unspecified atom stereocenters. The Labute approximate surface area is 100 Å². The average molecular weight is 257 g/mol. The lowest BCUT2D eigenvalue weighted by Gasteiger charge is -2.13. The molecule has 0 aliphatic rings. The lowest BCUT2D eigenvalue weighted by atomic mass is 10.1. The largest absolute Gasteiger partial charge is 0.491 e. The molecule has 6 heteroatoms. The summed E-state index contributed by atoms with van der Waals surface area (Å²) in [4.78, 5) is 11.6. The lowest BCUT2D eigenvalue weighted by Crippen LogP contribution is -2.11. The van der Waals surface area contributed by atoms with E-state index in [1.54, 1.807) is 0 Å².